The van der Waals surface area contributed by atoms with Crippen LogP contribution in [0, 0.1) is 0 Å². The molecule has 0 saturated heterocycles. The molecule has 3 rings (SSSR count). The van der Waals surface area contributed by atoms with E-state index in [4.69, 9.17) is 4.74 Å². The van der Waals surface area contributed by atoms with E-state index in [0.717, 1.165) is 22.0 Å². The van der Waals surface area contributed by atoms with Crippen LogP contribution in [0.3, 0.4) is 0 Å². The number of H-pyrrole nitrogens is 1. The number of phenols is 1. The summed E-state index contributed by atoms with van der Waals surface area (Å²) in [4.78, 5) is 27.5. The number of nitrogens with one attached hydrogen (secondary N) is 2. The van der Waals surface area contributed by atoms with Crippen molar-refractivity contribution in [3.05, 3.63) is 71.9 Å². The average Bonchev–Trinajstić information content (AvgIpc) is 3.09. The van der Waals surface area contributed by atoms with Crippen LogP contribution in [0.5, 0.6) is 5.75 Å². The molecule has 6 heteroatoms. The van der Waals surface area contributed by atoms with Crippen LogP contribution in [-0.4, -0.2) is 35.1 Å². The summed E-state index contributed by atoms with van der Waals surface area (Å²) in [6, 6.07) is 13.4. The van der Waals surface area contributed by atoms with Gasteiger partial charge in [-0.25, -0.2) is 4.79 Å². The first kappa shape index (κ1) is 18.3. The maximum atomic E-state index is 12.2. The van der Waals surface area contributed by atoms with E-state index in [0.29, 0.717) is 6.42 Å². The number of rotatable bonds is 6. The first-order valence-electron chi connectivity index (χ1n) is 8.47. The second-order valence-corrected chi connectivity index (χ2v) is 6.07. The highest BCUT2D eigenvalue weighted by atomic mass is 16.5. The molecule has 0 saturated carbocycles. The number of benzene rings is 2. The number of hydrogen-bond acceptors (Lipinski definition) is 4. The molecule has 138 valence electrons. The summed E-state index contributed by atoms with van der Waals surface area (Å²) in [5.41, 5.74) is 2.65. The molecule has 0 radical (unpaired) electrons. The van der Waals surface area contributed by atoms with Crippen molar-refractivity contribution in [1.29, 1.82) is 0 Å². The van der Waals surface area contributed by atoms with E-state index in [1.165, 1.54) is 25.3 Å². The number of ether oxygens (including phenoxy) is 1. The van der Waals surface area contributed by atoms with E-state index < -0.39 is 17.9 Å². The Labute approximate surface area is 156 Å². The molecule has 0 aliphatic carbocycles. The number of aromatic nitrogens is 1. The molecule has 0 spiro atoms. The van der Waals surface area contributed by atoms with Crippen LogP contribution in [-0.2, 0) is 20.7 Å². The smallest absolute Gasteiger partial charge is 0.328 e. The van der Waals surface area contributed by atoms with E-state index in [1.54, 1.807) is 18.2 Å². The van der Waals surface area contributed by atoms with Gasteiger partial charge < -0.3 is 20.1 Å². The fraction of sp³-hybridized carbons (Fsp3) is 0.143. The lowest BCUT2D eigenvalue weighted by atomic mass is 10.0. The number of phenolic OH excluding ortho intramolecular Hbond substituents is 1. The SMILES string of the molecule is COC(=O)[C@H](Cc1c[nH]c2ccccc12)NC(=O)C=Cc1ccc(O)cc1. The van der Waals surface area contributed by atoms with E-state index in [-0.39, 0.29) is 5.75 Å². The molecule has 6 nitrogen and oxygen atoms in total. The maximum absolute atomic E-state index is 12.2. The highest BCUT2D eigenvalue weighted by molar-refractivity contribution is 5.95. The highest BCUT2D eigenvalue weighted by Crippen LogP contribution is 2.19. The Balaban J connectivity index is 1.72. The van der Waals surface area contributed by atoms with E-state index in [9.17, 15) is 14.7 Å². The first-order valence-corrected chi connectivity index (χ1v) is 8.47. The summed E-state index contributed by atoms with van der Waals surface area (Å²) in [5.74, 6) is -0.758. The predicted molar refractivity (Wildman–Crippen MR) is 103 cm³/mol. The van der Waals surface area contributed by atoms with Crippen molar-refractivity contribution in [3.8, 4) is 5.75 Å². The molecule has 0 aliphatic heterocycles. The third-order valence-corrected chi connectivity index (χ3v) is 4.22. The number of esters is 1. The van der Waals surface area contributed by atoms with Crippen molar-refractivity contribution in [3.63, 3.8) is 0 Å². The molecular weight excluding hydrogens is 344 g/mol. The summed E-state index contributed by atoms with van der Waals surface area (Å²) < 4.78 is 4.83. The monoisotopic (exact) mass is 364 g/mol. The zero-order chi connectivity index (χ0) is 19.2. The van der Waals surface area contributed by atoms with Gasteiger partial charge >= 0.3 is 5.97 Å². The Morgan fingerprint density at radius 2 is 1.93 bits per heavy atom. The molecule has 27 heavy (non-hydrogen) atoms. The lowest BCUT2D eigenvalue weighted by molar-refractivity contribution is -0.144. The Hall–Kier alpha value is -3.54. The summed E-state index contributed by atoms with van der Waals surface area (Å²) in [7, 11) is 1.29. The third kappa shape index (κ3) is 4.55. The number of methoxy groups -OCH3 is 1. The number of para-hydroxylation sites is 1. The quantitative estimate of drug-likeness (QED) is 0.463. The number of aromatic hydroxyl groups is 1. The van der Waals surface area contributed by atoms with E-state index in [2.05, 4.69) is 10.3 Å². The third-order valence-electron chi connectivity index (χ3n) is 4.22. The number of carbonyl (C=O) groups is 2. The fourth-order valence-electron chi connectivity index (χ4n) is 2.83. The van der Waals surface area contributed by atoms with Crippen molar-refractivity contribution in [2.24, 2.45) is 0 Å². The summed E-state index contributed by atoms with van der Waals surface area (Å²) >= 11 is 0. The number of hydrogen-bond donors (Lipinski definition) is 3. The molecule has 3 aromatic rings. The van der Waals surface area contributed by atoms with Gasteiger partial charge in [-0.15, -0.1) is 0 Å². The molecule has 0 unspecified atom stereocenters. The molecular formula is C21H20N2O4. The zero-order valence-electron chi connectivity index (χ0n) is 14.8. The van der Waals surface area contributed by atoms with Crippen molar-refractivity contribution in [1.82, 2.24) is 10.3 Å². The largest absolute Gasteiger partial charge is 0.508 e. The van der Waals surface area contributed by atoms with Crippen molar-refractivity contribution >= 4 is 28.9 Å². The van der Waals surface area contributed by atoms with Crippen LogP contribution in [0.2, 0.25) is 0 Å². The van der Waals surface area contributed by atoms with Gasteiger partial charge in [-0.1, -0.05) is 30.3 Å². The Morgan fingerprint density at radius 1 is 1.19 bits per heavy atom. The van der Waals surface area contributed by atoms with Gasteiger partial charge in [-0.3, -0.25) is 4.79 Å². The Morgan fingerprint density at radius 3 is 2.67 bits per heavy atom. The Bertz CT molecular complexity index is 973. The number of aromatic amines is 1. The number of fused-ring (bicyclic) bond motifs is 1. The molecule has 0 aliphatic rings. The molecule has 1 amide bonds. The second kappa shape index (κ2) is 8.23. The van der Waals surface area contributed by atoms with Gasteiger partial charge in [-0.2, -0.15) is 0 Å². The van der Waals surface area contributed by atoms with Gasteiger partial charge in [-0.05, 0) is 35.4 Å². The van der Waals surface area contributed by atoms with Crippen LogP contribution in [0.1, 0.15) is 11.1 Å². The minimum absolute atomic E-state index is 0.154. The second-order valence-electron chi connectivity index (χ2n) is 6.07. The molecule has 0 fully saturated rings. The number of amides is 1. The summed E-state index contributed by atoms with van der Waals surface area (Å²) in [5, 5.41) is 13.0. The van der Waals surface area contributed by atoms with Gasteiger partial charge in [0.15, 0.2) is 0 Å². The predicted octanol–water partition coefficient (Wildman–Crippen LogP) is 2.79. The normalized spacial score (nSPS) is 12.2. The van der Waals surface area contributed by atoms with Crippen LogP contribution in [0.4, 0.5) is 0 Å². The molecule has 0 bridgehead atoms. The van der Waals surface area contributed by atoms with Crippen LogP contribution >= 0.6 is 0 Å². The van der Waals surface area contributed by atoms with Gasteiger partial charge in [0.1, 0.15) is 11.8 Å². The van der Waals surface area contributed by atoms with E-state index >= 15 is 0 Å². The van der Waals surface area contributed by atoms with Crippen molar-refractivity contribution in [2.75, 3.05) is 7.11 Å². The topological polar surface area (TPSA) is 91.4 Å². The summed E-state index contributed by atoms with van der Waals surface area (Å²) in [6.07, 6.45) is 5.10. The zero-order valence-corrected chi connectivity index (χ0v) is 14.8. The average molecular weight is 364 g/mol. The molecule has 1 atom stereocenters. The van der Waals surface area contributed by atoms with Crippen LogP contribution in [0.15, 0.2) is 60.8 Å². The van der Waals surface area contributed by atoms with Gasteiger partial charge in [0, 0.05) is 29.6 Å². The minimum Gasteiger partial charge on any atom is -0.508 e. The molecule has 1 heterocycles. The number of carbonyl (C=O) groups excluding carboxylic acids is 2. The molecule has 1 aromatic heterocycles. The Kier molecular flexibility index (Phi) is 5.56. The van der Waals surface area contributed by atoms with Crippen LogP contribution < -0.4 is 5.32 Å². The molecule has 2 aromatic carbocycles. The van der Waals surface area contributed by atoms with E-state index in [1.807, 2.05) is 30.5 Å². The van der Waals surface area contributed by atoms with Gasteiger partial charge in [0.2, 0.25) is 5.91 Å². The highest BCUT2D eigenvalue weighted by Gasteiger charge is 2.22. The minimum atomic E-state index is -0.800. The maximum Gasteiger partial charge on any atom is 0.328 e. The first-order chi connectivity index (χ1) is 13.1. The van der Waals surface area contributed by atoms with Crippen LogP contribution in [0.25, 0.3) is 17.0 Å². The van der Waals surface area contributed by atoms with Crippen molar-refractivity contribution < 1.29 is 19.4 Å². The van der Waals surface area contributed by atoms with Gasteiger partial charge in [0.25, 0.3) is 0 Å². The summed E-state index contributed by atoms with van der Waals surface area (Å²) in [6.45, 7) is 0. The lowest BCUT2D eigenvalue weighted by Gasteiger charge is -2.15. The standard InChI is InChI=1S/C21H20N2O4/c1-27-21(26)19(12-15-13-22-18-5-3-2-4-17(15)18)23-20(25)11-8-14-6-9-16(24)10-7-14/h2-11,13,19,22,24H,12H2,1H3,(H,23,25)/t19-/m0/s1. The van der Waals surface area contributed by atoms with Crippen molar-refractivity contribution in [2.45, 2.75) is 12.5 Å². The molecule has 3 N–H and O–H groups in total. The lowest BCUT2D eigenvalue weighted by Crippen LogP contribution is -2.42. The fourth-order valence-corrected chi connectivity index (χ4v) is 2.83. The van der Waals surface area contributed by atoms with Gasteiger partial charge in [0.05, 0.1) is 7.11 Å².